The van der Waals surface area contributed by atoms with Gasteiger partial charge in [0, 0.05) is 17.4 Å². The number of amides is 1. The van der Waals surface area contributed by atoms with Crippen LogP contribution in [0.5, 0.6) is 11.5 Å². The molecular formula is C22H19Br2NO5S2. The van der Waals surface area contributed by atoms with E-state index in [2.05, 4.69) is 31.9 Å². The highest BCUT2D eigenvalue weighted by Crippen LogP contribution is 2.39. The molecule has 2 aromatic carbocycles. The van der Waals surface area contributed by atoms with E-state index in [-0.39, 0.29) is 18.9 Å². The van der Waals surface area contributed by atoms with E-state index in [1.54, 1.807) is 19.3 Å². The molecule has 32 heavy (non-hydrogen) atoms. The quantitative estimate of drug-likeness (QED) is 0.285. The van der Waals surface area contributed by atoms with Gasteiger partial charge < -0.3 is 14.6 Å². The molecule has 1 saturated heterocycles. The van der Waals surface area contributed by atoms with Crippen molar-refractivity contribution in [2.24, 2.45) is 0 Å². The van der Waals surface area contributed by atoms with E-state index in [0.29, 0.717) is 38.2 Å². The van der Waals surface area contributed by atoms with Crippen LogP contribution < -0.4 is 9.47 Å². The SMILES string of the molecule is COc1cc(/C=C2/SC(=S)N(CCCC(=O)O)C2=O)cc(Br)c1OCc1ccc(Br)cc1. The molecule has 1 amide bonds. The maximum atomic E-state index is 12.7. The van der Waals surface area contributed by atoms with Gasteiger partial charge in [-0.05, 0) is 63.8 Å². The number of halogens is 2. The third kappa shape index (κ3) is 6.34. The predicted molar refractivity (Wildman–Crippen MR) is 136 cm³/mol. The van der Waals surface area contributed by atoms with Crippen LogP contribution in [-0.4, -0.2) is 39.9 Å². The van der Waals surface area contributed by atoms with Gasteiger partial charge in [0.1, 0.15) is 10.9 Å². The van der Waals surface area contributed by atoms with Gasteiger partial charge in [0.2, 0.25) is 0 Å². The molecule has 0 atom stereocenters. The summed E-state index contributed by atoms with van der Waals surface area (Å²) in [5, 5.41) is 8.80. The first kappa shape index (κ1) is 24.8. The standard InChI is InChI=1S/C22H19Br2NO5S2/c1-29-17-10-14(9-16(24)20(17)30-12-13-4-6-15(23)7-5-13)11-18-21(28)25(22(31)32-18)8-2-3-19(26)27/h4-7,9-11H,2-3,8,12H2,1H3,(H,26,27)/b18-11+. The van der Waals surface area contributed by atoms with Crippen LogP contribution in [0.2, 0.25) is 0 Å². The van der Waals surface area contributed by atoms with Crippen molar-refractivity contribution in [3.63, 3.8) is 0 Å². The Morgan fingerprint density at radius 2 is 1.97 bits per heavy atom. The highest BCUT2D eigenvalue weighted by molar-refractivity contribution is 9.10. The summed E-state index contributed by atoms with van der Waals surface area (Å²) in [6, 6.07) is 11.5. The van der Waals surface area contributed by atoms with Crippen LogP contribution in [0, 0.1) is 0 Å². The number of methoxy groups -OCH3 is 1. The Morgan fingerprint density at radius 3 is 2.62 bits per heavy atom. The van der Waals surface area contributed by atoms with Crippen LogP contribution in [0.15, 0.2) is 50.2 Å². The average molecular weight is 601 g/mol. The van der Waals surface area contributed by atoms with Crippen molar-refractivity contribution < 1.29 is 24.2 Å². The number of rotatable bonds is 9. The van der Waals surface area contributed by atoms with Crippen molar-refractivity contribution in [3.8, 4) is 11.5 Å². The monoisotopic (exact) mass is 599 g/mol. The fraction of sp³-hybridized carbons (Fsp3) is 0.227. The van der Waals surface area contributed by atoms with Crippen LogP contribution >= 0.6 is 55.8 Å². The summed E-state index contributed by atoms with van der Waals surface area (Å²) >= 11 is 13.4. The number of carboxylic acid groups (broad SMARTS) is 1. The zero-order valence-corrected chi connectivity index (χ0v) is 21.8. The molecule has 0 aliphatic carbocycles. The number of ether oxygens (including phenoxy) is 2. The molecule has 2 aromatic rings. The molecule has 3 rings (SSSR count). The number of carbonyl (C=O) groups is 2. The Bertz CT molecular complexity index is 1070. The Labute approximate surface area is 212 Å². The van der Waals surface area contributed by atoms with Gasteiger partial charge in [0.25, 0.3) is 5.91 Å². The minimum absolute atomic E-state index is 0.0119. The van der Waals surface area contributed by atoms with Crippen molar-refractivity contribution in [1.82, 2.24) is 4.90 Å². The first-order valence-electron chi connectivity index (χ1n) is 9.50. The number of benzene rings is 2. The van der Waals surface area contributed by atoms with Crippen LogP contribution in [0.4, 0.5) is 0 Å². The molecule has 1 aliphatic heterocycles. The van der Waals surface area contributed by atoms with Crippen LogP contribution in [-0.2, 0) is 16.2 Å². The molecule has 0 aromatic heterocycles. The van der Waals surface area contributed by atoms with Gasteiger partial charge in [0.15, 0.2) is 11.5 Å². The fourth-order valence-corrected chi connectivity index (χ4v) is 5.08. The lowest BCUT2D eigenvalue weighted by molar-refractivity contribution is -0.137. The summed E-state index contributed by atoms with van der Waals surface area (Å²) in [6.45, 7) is 0.654. The predicted octanol–water partition coefficient (Wildman–Crippen LogP) is 5.87. The van der Waals surface area contributed by atoms with E-state index in [1.807, 2.05) is 30.3 Å². The van der Waals surface area contributed by atoms with E-state index in [9.17, 15) is 9.59 Å². The number of hydrogen-bond donors (Lipinski definition) is 1. The maximum absolute atomic E-state index is 12.7. The molecule has 1 N–H and O–H groups in total. The van der Waals surface area contributed by atoms with Gasteiger partial charge in [-0.2, -0.15) is 0 Å². The Kier molecular flexibility index (Phi) is 8.75. The number of aliphatic carboxylic acids is 1. The van der Waals surface area contributed by atoms with Gasteiger partial charge in [-0.25, -0.2) is 0 Å². The number of thioether (sulfide) groups is 1. The van der Waals surface area contributed by atoms with E-state index in [4.69, 9.17) is 26.8 Å². The smallest absolute Gasteiger partial charge is 0.303 e. The maximum Gasteiger partial charge on any atom is 0.303 e. The highest BCUT2D eigenvalue weighted by atomic mass is 79.9. The Hall–Kier alpha value is -1.88. The van der Waals surface area contributed by atoms with Gasteiger partial charge >= 0.3 is 5.97 Å². The Morgan fingerprint density at radius 1 is 1.25 bits per heavy atom. The van der Waals surface area contributed by atoms with Gasteiger partial charge in [-0.15, -0.1) is 0 Å². The molecule has 0 bridgehead atoms. The summed E-state index contributed by atoms with van der Waals surface area (Å²) in [4.78, 5) is 25.4. The summed E-state index contributed by atoms with van der Waals surface area (Å²) in [7, 11) is 1.56. The van der Waals surface area contributed by atoms with E-state index in [1.165, 1.54) is 16.7 Å². The normalized spacial score (nSPS) is 14.8. The number of carbonyl (C=O) groups excluding carboxylic acids is 1. The summed E-state index contributed by atoms with van der Waals surface area (Å²) in [5.74, 6) is -0.0325. The second-order valence-electron chi connectivity index (χ2n) is 6.78. The van der Waals surface area contributed by atoms with E-state index < -0.39 is 5.97 Å². The minimum atomic E-state index is -0.898. The lowest BCUT2D eigenvalue weighted by Gasteiger charge is -2.14. The first-order chi connectivity index (χ1) is 15.3. The number of thiocarbonyl (C=S) groups is 1. The van der Waals surface area contributed by atoms with Crippen molar-refractivity contribution in [3.05, 3.63) is 61.4 Å². The second kappa shape index (κ2) is 11.3. The van der Waals surface area contributed by atoms with Crippen LogP contribution in [0.25, 0.3) is 6.08 Å². The molecule has 0 saturated carbocycles. The van der Waals surface area contributed by atoms with Crippen molar-refractivity contribution in [2.75, 3.05) is 13.7 Å². The summed E-state index contributed by atoms with van der Waals surface area (Å²) in [5.41, 5.74) is 1.76. The molecule has 0 spiro atoms. The topological polar surface area (TPSA) is 76.1 Å². The third-order valence-electron chi connectivity index (χ3n) is 4.49. The number of nitrogens with zero attached hydrogens (tertiary/aromatic N) is 1. The van der Waals surface area contributed by atoms with Crippen molar-refractivity contribution in [2.45, 2.75) is 19.4 Å². The zero-order valence-electron chi connectivity index (χ0n) is 17.0. The minimum Gasteiger partial charge on any atom is -0.493 e. The van der Waals surface area contributed by atoms with Crippen molar-refractivity contribution >= 4 is 78.1 Å². The molecule has 6 nitrogen and oxygen atoms in total. The van der Waals surface area contributed by atoms with E-state index >= 15 is 0 Å². The van der Waals surface area contributed by atoms with Crippen LogP contribution in [0.1, 0.15) is 24.0 Å². The molecule has 1 heterocycles. The first-order valence-corrected chi connectivity index (χ1v) is 12.3. The fourth-order valence-electron chi connectivity index (χ4n) is 2.93. The van der Waals surface area contributed by atoms with Gasteiger partial charge in [-0.1, -0.05) is 52.0 Å². The molecular weight excluding hydrogens is 582 g/mol. The van der Waals surface area contributed by atoms with E-state index in [0.717, 1.165) is 15.6 Å². The molecule has 1 fully saturated rings. The zero-order chi connectivity index (χ0) is 23.3. The number of hydrogen-bond acceptors (Lipinski definition) is 6. The molecule has 0 unspecified atom stereocenters. The third-order valence-corrected chi connectivity index (χ3v) is 6.99. The molecule has 10 heteroatoms. The molecule has 168 valence electrons. The number of carboxylic acids is 1. The average Bonchev–Trinajstić information content (AvgIpc) is 3.01. The van der Waals surface area contributed by atoms with Gasteiger partial charge in [-0.3, -0.25) is 14.5 Å². The molecule has 0 radical (unpaired) electrons. The lowest BCUT2D eigenvalue weighted by atomic mass is 10.1. The van der Waals surface area contributed by atoms with Crippen LogP contribution in [0.3, 0.4) is 0 Å². The largest absolute Gasteiger partial charge is 0.493 e. The van der Waals surface area contributed by atoms with Crippen molar-refractivity contribution in [1.29, 1.82) is 0 Å². The highest BCUT2D eigenvalue weighted by Gasteiger charge is 2.31. The Balaban J connectivity index is 1.75. The second-order valence-corrected chi connectivity index (χ2v) is 10.2. The lowest BCUT2D eigenvalue weighted by Crippen LogP contribution is -2.29. The van der Waals surface area contributed by atoms with Gasteiger partial charge in [0.05, 0.1) is 16.5 Å². The molecule has 1 aliphatic rings. The summed E-state index contributed by atoms with van der Waals surface area (Å²) in [6.07, 6.45) is 2.07. The summed E-state index contributed by atoms with van der Waals surface area (Å²) < 4.78 is 13.6.